The van der Waals surface area contributed by atoms with Crippen LogP contribution in [0, 0.1) is 0 Å². The first kappa shape index (κ1) is 12.7. The highest BCUT2D eigenvalue weighted by atomic mass is 19.4. The summed E-state index contributed by atoms with van der Waals surface area (Å²) in [5, 5.41) is 11.1. The fourth-order valence-corrected chi connectivity index (χ4v) is 2.17. The Morgan fingerprint density at radius 3 is 2.50 bits per heavy atom. The molecule has 2 N–H and O–H groups in total. The lowest BCUT2D eigenvalue weighted by atomic mass is 10.3. The van der Waals surface area contributed by atoms with Crippen molar-refractivity contribution in [3.8, 4) is 0 Å². The van der Waals surface area contributed by atoms with Crippen molar-refractivity contribution in [1.82, 2.24) is 20.0 Å². The highest BCUT2D eigenvalue weighted by molar-refractivity contribution is 5.53. The van der Waals surface area contributed by atoms with Gasteiger partial charge in [-0.25, -0.2) is 0 Å². The Balaban J connectivity index is 1.83. The molecule has 3 heterocycles. The molecule has 20 heavy (non-hydrogen) atoms. The second kappa shape index (κ2) is 4.09. The van der Waals surface area contributed by atoms with E-state index in [0.717, 1.165) is 17.3 Å². The number of rotatable bonds is 1. The molecule has 1 aliphatic heterocycles. The number of alkyl halides is 3. The molecule has 0 atom stereocenters. The lowest BCUT2D eigenvalue weighted by molar-refractivity contribution is -0.141. The van der Waals surface area contributed by atoms with E-state index in [4.69, 9.17) is 5.73 Å². The van der Waals surface area contributed by atoms with Crippen LogP contribution in [0.15, 0.2) is 12.1 Å². The summed E-state index contributed by atoms with van der Waals surface area (Å²) in [6.07, 6.45) is -4.48. The summed E-state index contributed by atoms with van der Waals surface area (Å²) in [7, 11) is 1.75. The Morgan fingerprint density at radius 1 is 1.20 bits per heavy atom. The molecular weight excluding hydrogens is 273 g/mol. The van der Waals surface area contributed by atoms with Crippen LogP contribution in [0.1, 0.15) is 17.0 Å². The Hall–Kier alpha value is -2.32. The number of hydrogen-bond acceptors (Lipinski definition) is 5. The van der Waals surface area contributed by atoms with E-state index in [9.17, 15) is 13.2 Å². The zero-order valence-corrected chi connectivity index (χ0v) is 10.5. The van der Waals surface area contributed by atoms with Gasteiger partial charge < -0.3 is 10.6 Å². The normalized spacial score (nSPS) is 14.7. The third kappa shape index (κ3) is 1.95. The maximum Gasteiger partial charge on any atom is 0.435 e. The SMILES string of the molecule is Cn1nc2c(c1N)CN(c1ccc(C(F)(F)F)nn1)C2. The van der Waals surface area contributed by atoms with E-state index in [2.05, 4.69) is 15.3 Å². The molecule has 0 bridgehead atoms. The Labute approximate surface area is 112 Å². The largest absolute Gasteiger partial charge is 0.435 e. The average molecular weight is 284 g/mol. The quantitative estimate of drug-likeness (QED) is 0.855. The van der Waals surface area contributed by atoms with Crippen molar-refractivity contribution in [3.05, 3.63) is 29.1 Å². The smallest absolute Gasteiger partial charge is 0.384 e. The molecule has 6 nitrogen and oxygen atoms in total. The van der Waals surface area contributed by atoms with Crippen LogP contribution in [0.5, 0.6) is 0 Å². The average Bonchev–Trinajstić information content (AvgIpc) is 2.90. The molecule has 0 fully saturated rings. The van der Waals surface area contributed by atoms with Gasteiger partial charge in [-0.15, -0.1) is 10.2 Å². The summed E-state index contributed by atoms with van der Waals surface area (Å²) in [4.78, 5) is 1.78. The van der Waals surface area contributed by atoms with E-state index in [1.807, 2.05) is 0 Å². The van der Waals surface area contributed by atoms with Crippen LogP contribution in [0.25, 0.3) is 0 Å². The predicted octanol–water partition coefficient (Wildman–Crippen LogP) is 1.33. The monoisotopic (exact) mass is 284 g/mol. The van der Waals surface area contributed by atoms with E-state index in [-0.39, 0.29) is 0 Å². The van der Waals surface area contributed by atoms with Crippen LogP contribution in [-0.2, 0) is 26.3 Å². The van der Waals surface area contributed by atoms with Crippen LogP contribution >= 0.6 is 0 Å². The molecule has 2 aromatic rings. The maximum atomic E-state index is 12.4. The third-order valence-corrected chi connectivity index (χ3v) is 3.23. The Bertz CT molecular complexity index is 645. The summed E-state index contributed by atoms with van der Waals surface area (Å²) >= 11 is 0. The number of halogens is 3. The predicted molar refractivity (Wildman–Crippen MR) is 64.5 cm³/mol. The van der Waals surface area contributed by atoms with Crippen molar-refractivity contribution in [1.29, 1.82) is 0 Å². The van der Waals surface area contributed by atoms with E-state index in [1.54, 1.807) is 16.6 Å². The van der Waals surface area contributed by atoms with E-state index < -0.39 is 11.9 Å². The van der Waals surface area contributed by atoms with E-state index in [0.29, 0.717) is 24.7 Å². The van der Waals surface area contributed by atoms with Crippen LogP contribution in [-0.4, -0.2) is 20.0 Å². The maximum absolute atomic E-state index is 12.4. The topological polar surface area (TPSA) is 72.9 Å². The molecule has 0 saturated carbocycles. The summed E-state index contributed by atoms with van der Waals surface area (Å²) in [5.74, 6) is 0.931. The number of fused-ring (bicyclic) bond motifs is 1. The zero-order valence-electron chi connectivity index (χ0n) is 10.5. The van der Waals surface area contributed by atoms with Crippen molar-refractivity contribution in [3.63, 3.8) is 0 Å². The zero-order chi connectivity index (χ0) is 14.5. The highest BCUT2D eigenvalue weighted by Crippen LogP contribution is 2.31. The minimum absolute atomic E-state index is 0.373. The van der Waals surface area contributed by atoms with Crippen molar-refractivity contribution < 1.29 is 13.2 Å². The first-order chi connectivity index (χ1) is 9.36. The second-order valence-electron chi connectivity index (χ2n) is 4.56. The molecule has 2 aromatic heterocycles. The molecule has 9 heteroatoms. The number of aromatic nitrogens is 4. The molecule has 0 saturated heterocycles. The highest BCUT2D eigenvalue weighted by Gasteiger charge is 2.33. The lowest BCUT2D eigenvalue weighted by Gasteiger charge is -2.16. The molecule has 0 aliphatic carbocycles. The molecule has 106 valence electrons. The molecule has 3 rings (SSSR count). The standard InChI is InChI=1S/C11H11F3N6/c1-19-10(15)6-4-20(5-7(6)18-19)9-3-2-8(16-17-9)11(12,13)14/h2-3H,4-5,15H2,1H3. The first-order valence-corrected chi connectivity index (χ1v) is 5.82. The lowest BCUT2D eigenvalue weighted by Crippen LogP contribution is -2.19. The van der Waals surface area contributed by atoms with Gasteiger partial charge in [0, 0.05) is 12.6 Å². The third-order valence-electron chi connectivity index (χ3n) is 3.23. The van der Waals surface area contributed by atoms with Gasteiger partial charge in [0.15, 0.2) is 11.5 Å². The molecule has 0 spiro atoms. The van der Waals surface area contributed by atoms with Crippen LogP contribution < -0.4 is 10.6 Å². The first-order valence-electron chi connectivity index (χ1n) is 5.82. The fraction of sp³-hybridized carbons (Fsp3) is 0.364. The molecule has 1 aliphatic rings. The molecule has 0 radical (unpaired) electrons. The van der Waals surface area contributed by atoms with Gasteiger partial charge in [-0.3, -0.25) is 4.68 Å². The second-order valence-corrected chi connectivity index (χ2v) is 4.56. The summed E-state index contributed by atoms with van der Waals surface area (Å²) in [5.41, 5.74) is 6.56. The Kier molecular flexibility index (Phi) is 2.59. The summed E-state index contributed by atoms with van der Waals surface area (Å²) in [6.45, 7) is 0.926. The van der Waals surface area contributed by atoms with Gasteiger partial charge >= 0.3 is 6.18 Å². The van der Waals surface area contributed by atoms with E-state index >= 15 is 0 Å². The van der Waals surface area contributed by atoms with Crippen molar-refractivity contribution >= 4 is 11.6 Å². The number of anilines is 2. The molecule has 0 amide bonds. The van der Waals surface area contributed by atoms with Gasteiger partial charge in [-0.2, -0.15) is 18.3 Å². The summed E-state index contributed by atoms with van der Waals surface area (Å²) < 4.78 is 38.8. The van der Waals surface area contributed by atoms with Gasteiger partial charge in [0.25, 0.3) is 0 Å². The van der Waals surface area contributed by atoms with Crippen molar-refractivity contribution in [2.24, 2.45) is 7.05 Å². The number of nitrogen functional groups attached to an aromatic ring is 1. The summed E-state index contributed by atoms with van der Waals surface area (Å²) in [6, 6.07) is 2.22. The Morgan fingerprint density at radius 2 is 1.95 bits per heavy atom. The van der Waals surface area contributed by atoms with Crippen molar-refractivity contribution in [2.45, 2.75) is 19.3 Å². The van der Waals surface area contributed by atoms with E-state index in [1.165, 1.54) is 6.07 Å². The van der Waals surface area contributed by atoms with Gasteiger partial charge in [-0.05, 0) is 12.1 Å². The van der Waals surface area contributed by atoms with Gasteiger partial charge in [-0.1, -0.05) is 0 Å². The van der Waals surface area contributed by atoms with Crippen LogP contribution in [0.3, 0.4) is 0 Å². The van der Waals surface area contributed by atoms with Crippen molar-refractivity contribution in [2.75, 3.05) is 10.6 Å². The molecular formula is C11H11F3N6. The number of aryl methyl sites for hydroxylation is 1. The minimum atomic E-state index is -4.48. The molecule has 0 unspecified atom stereocenters. The number of nitrogens with two attached hydrogens (primary N) is 1. The fourth-order valence-electron chi connectivity index (χ4n) is 2.17. The van der Waals surface area contributed by atoms with Crippen LogP contribution in [0.2, 0.25) is 0 Å². The number of nitrogens with zero attached hydrogens (tertiary/aromatic N) is 5. The van der Waals surface area contributed by atoms with Gasteiger partial charge in [0.1, 0.15) is 5.82 Å². The van der Waals surface area contributed by atoms with Gasteiger partial charge in [0.05, 0.1) is 18.8 Å². The molecule has 0 aromatic carbocycles. The minimum Gasteiger partial charge on any atom is -0.384 e. The van der Waals surface area contributed by atoms with Gasteiger partial charge in [0.2, 0.25) is 0 Å². The van der Waals surface area contributed by atoms with Crippen LogP contribution in [0.4, 0.5) is 24.8 Å². The number of hydrogen-bond donors (Lipinski definition) is 1.